The van der Waals surface area contributed by atoms with Crippen LogP contribution in [-0.4, -0.2) is 35.2 Å². The Labute approximate surface area is 205 Å². The summed E-state index contributed by atoms with van der Waals surface area (Å²) in [5.41, 5.74) is 4.46. The molecule has 0 aromatic heterocycles. The third kappa shape index (κ3) is 12.4. The molecule has 6 N–H and O–H groups in total. The Hall–Kier alpha value is -2.17. The molecule has 0 saturated carbocycles. The van der Waals surface area contributed by atoms with Crippen LogP contribution in [0, 0.1) is 0 Å². The van der Waals surface area contributed by atoms with Crippen LogP contribution in [0.5, 0.6) is 11.5 Å². The normalized spacial score (nSPS) is 8.67. The molecule has 2 rings (SSSR count). The quantitative estimate of drug-likeness (QED) is 0.218. The van der Waals surface area contributed by atoms with E-state index in [-0.39, 0.29) is 91.9 Å². The molecule has 30 heavy (non-hydrogen) atoms. The summed E-state index contributed by atoms with van der Waals surface area (Å²) in [6.07, 6.45) is 2.26. The number of halogens is 2. The molecule has 0 spiro atoms. The fourth-order valence-electron chi connectivity index (χ4n) is 1.60. The molecule has 0 aliphatic rings. The Morgan fingerprint density at radius 3 is 1.30 bits per heavy atom. The summed E-state index contributed by atoms with van der Waals surface area (Å²) in [6, 6.07) is 12.1. The Balaban J connectivity index is -0.000000347. The third-order valence-electron chi connectivity index (χ3n) is 2.78. The smallest absolute Gasteiger partial charge is 1.00 e. The van der Waals surface area contributed by atoms with E-state index in [1.807, 2.05) is 10.9 Å². The van der Waals surface area contributed by atoms with Crippen molar-refractivity contribution in [2.24, 2.45) is 10.2 Å². The second kappa shape index (κ2) is 20.1. The Morgan fingerprint density at radius 1 is 0.700 bits per heavy atom. The van der Waals surface area contributed by atoms with Crippen LogP contribution in [0.25, 0.3) is 0 Å². The Morgan fingerprint density at radius 2 is 1.00 bits per heavy atom. The van der Waals surface area contributed by atoms with E-state index in [0.29, 0.717) is 0 Å². The van der Waals surface area contributed by atoms with Gasteiger partial charge in [-0.15, -0.1) is 0 Å². The molecule has 0 unspecified atom stereocenters. The number of carbonyl (C=O) groups is 2. The van der Waals surface area contributed by atoms with E-state index in [1.54, 1.807) is 24.3 Å². The number of nitrogens with one attached hydrogen (secondary N) is 2. The number of benzene rings is 2. The topological polar surface area (TPSA) is 192 Å². The molecule has 2 amide bonds. The minimum atomic E-state index is -1.07. The maximum atomic E-state index is 11.5. The molecule has 2 aromatic carbocycles. The van der Waals surface area contributed by atoms with Gasteiger partial charge < -0.3 is 46.0 Å². The van der Waals surface area contributed by atoms with Gasteiger partial charge in [0, 0.05) is 0 Å². The van der Waals surface area contributed by atoms with Crippen LogP contribution < -0.4 is 45.9 Å². The minimum Gasteiger partial charge on any atom is -1.00 e. The number of amides is 2. The van der Waals surface area contributed by atoms with E-state index in [2.05, 4.69) is 10.2 Å². The van der Waals surface area contributed by atoms with Crippen LogP contribution >= 0.6 is 0 Å². The van der Waals surface area contributed by atoms with Gasteiger partial charge in [0.2, 0.25) is 0 Å². The Kier molecular flexibility index (Phi) is 25.8. The fraction of sp³-hybridized carbons (Fsp3) is 0. The standard InChI is InChI=1S/C16H14N4O4.2ClH.2Co.2H2O/c21-13-7-3-1-5-11(13)9-17-19-15(23)16(24)20-18-10-12-6-2-4-8-14(12)22;;;;;;/h1-10,21-22H,(H,19,23)(H,20,24);2*1H;;;2*1H2/q;;;2*+2;;/p-4/b17-9+,18-10+;;;;;;. The maximum absolute atomic E-state index is 11.5. The van der Waals surface area contributed by atoms with Gasteiger partial charge in [0.1, 0.15) is 0 Å². The molecule has 0 aliphatic heterocycles. The van der Waals surface area contributed by atoms with E-state index in [1.165, 1.54) is 24.3 Å². The van der Waals surface area contributed by atoms with Gasteiger partial charge >= 0.3 is 45.4 Å². The van der Waals surface area contributed by atoms with Crippen molar-refractivity contribution in [3.05, 3.63) is 59.7 Å². The zero-order valence-corrected chi connectivity index (χ0v) is 18.3. The maximum Gasteiger partial charge on any atom is 2.00 e. The van der Waals surface area contributed by atoms with Crippen molar-refractivity contribution in [1.29, 1.82) is 0 Å². The predicted octanol–water partition coefficient (Wildman–Crippen LogP) is -8.21. The van der Waals surface area contributed by atoms with Gasteiger partial charge in [-0.25, -0.2) is 10.9 Å². The first kappa shape index (κ1) is 38.4. The summed E-state index contributed by atoms with van der Waals surface area (Å²) < 4.78 is 0. The van der Waals surface area contributed by atoms with Gasteiger partial charge in [0.05, 0.1) is 12.4 Å². The Bertz CT molecular complexity index is 760. The van der Waals surface area contributed by atoms with Crippen LogP contribution in [0.2, 0.25) is 0 Å². The van der Waals surface area contributed by atoms with Gasteiger partial charge in [-0.3, -0.25) is 9.59 Å². The minimum absolute atomic E-state index is 0. The van der Waals surface area contributed by atoms with E-state index in [4.69, 9.17) is 0 Å². The van der Waals surface area contributed by atoms with E-state index in [0.717, 1.165) is 12.4 Å². The first-order valence-corrected chi connectivity index (χ1v) is 6.76. The number of hydrogen-bond donors (Lipinski definition) is 2. The summed E-state index contributed by atoms with van der Waals surface area (Å²) in [7, 11) is 0. The molecule has 0 fully saturated rings. The molecule has 0 aliphatic carbocycles. The van der Waals surface area contributed by atoms with Crippen LogP contribution in [0.1, 0.15) is 11.1 Å². The van der Waals surface area contributed by atoms with Crippen molar-refractivity contribution in [2.75, 3.05) is 0 Å². The number of rotatable bonds is 4. The molecular weight excluding hydrogens is 533 g/mol. The molecule has 168 valence electrons. The van der Waals surface area contributed by atoms with Gasteiger partial charge in [0.15, 0.2) is 0 Å². The first-order valence-electron chi connectivity index (χ1n) is 6.76. The van der Waals surface area contributed by atoms with E-state index >= 15 is 0 Å². The molecule has 0 atom stereocenters. The van der Waals surface area contributed by atoms with Crippen molar-refractivity contribution in [2.45, 2.75) is 0 Å². The molecular formula is C16H16Cl2Co2N4O6. The molecule has 0 heterocycles. The zero-order chi connectivity index (χ0) is 17.4. The molecule has 10 nitrogen and oxygen atoms in total. The van der Waals surface area contributed by atoms with Crippen molar-refractivity contribution in [3.63, 3.8) is 0 Å². The number of carbonyl (C=O) groups excluding carboxylic acids is 2. The summed E-state index contributed by atoms with van der Waals surface area (Å²) in [6.45, 7) is 0. The fourth-order valence-corrected chi connectivity index (χ4v) is 1.60. The summed E-state index contributed by atoms with van der Waals surface area (Å²) in [5, 5.41) is 29.8. The summed E-state index contributed by atoms with van der Waals surface area (Å²) >= 11 is 0. The predicted molar refractivity (Wildman–Crippen MR) is 90.5 cm³/mol. The molecule has 14 heteroatoms. The first-order chi connectivity index (χ1) is 11.6. The van der Waals surface area contributed by atoms with Gasteiger partial charge in [0.25, 0.3) is 0 Å². The average molecular weight is 549 g/mol. The molecule has 0 saturated heterocycles. The number of hydrazone groups is 2. The second-order valence-corrected chi connectivity index (χ2v) is 4.47. The monoisotopic (exact) mass is 548 g/mol. The van der Waals surface area contributed by atoms with E-state index < -0.39 is 11.8 Å². The van der Waals surface area contributed by atoms with Gasteiger partial charge in [-0.1, -0.05) is 60.0 Å². The van der Waals surface area contributed by atoms with Crippen molar-refractivity contribution < 1.29 is 89.1 Å². The van der Waals surface area contributed by atoms with Crippen molar-refractivity contribution in [3.8, 4) is 11.5 Å². The number of hydrogen-bond acceptors (Lipinski definition) is 6. The SMILES string of the molecule is O.O.O=C(N/N=C/c1ccccc1[O-])C(=O)N/N=C/c1ccccc1[O-].[Cl-].[Cl-].[Co+2].[Co+2]. The summed E-state index contributed by atoms with van der Waals surface area (Å²) in [4.78, 5) is 23.0. The van der Waals surface area contributed by atoms with Crippen LogP contribution in [-0.2, 0) is 43.1 Å². The zero-order valence-electron chi connectivity index (χ0n) is 14.7. The average Bonchev–Trinajstić information content (AvgIpc) is 2.58. The van der Waals surface area contributed by atoms with Crippen molar-refractivity contribution in [1.82, 2.24) is 10.9 Å². The molecule has 0 bridgehead atoms. The second-order valence-electron chi connectivity index (χ2n) is 4.47. The van der Waals surface area contributed by atoms with Crippen LogP contribution in [0.4, 0.5) is 0 Å². The van der Waals surface area contributed by atoms with Gasteiger partial charge in [-0.2, -0.15) is 10.2 Å². The van der Waals surface area contributed by atoms with Crippen LogP contribution in [0.3, 0.4) is 0 Å². The van der Waals surface area contributed by atoms with Gasteiger partial charge in [-0.05, 0) is 11.1 Å². The van der Waals surface area contributed by atoms with Crippen molar-refractivity contribution >= 4 is 24.2 Å². The molecule has 2 aromatic rings. The number of nitrogens with zero attached hydrogens (tertiary/aromatic N) is 2. The van der Waals surface area contributed by atoms with Crippen LogP contribution in [0.15, 0.2) is 58.7 Å². The summed E-state index contributed by atoms with van der Waals surface area (Å²) in [5.74, 6) is -2.66. The molecule has 2 radical (unpaired) electrons. The number of para-hydroxylation sites is 2. The largest absolute Gasteiger partial charge is 2.00 e. The van der Waals surface area contributed by atoms with E-state index in [9.17, 15) is 19.8 Å². The third-order valence-corrected chi connectivity index (χ3v) is 2.78.